The third-order valence-electron chi connectivity index (χ3n) is 4.09. The summed E-state index contributed by atoms with van der Waals surface area (Å²) < 4.78 is 11.6. The summed E-state index contributed by atoms with van der Waals surface area (Å²) in [5.74, 6) is 0.106. The highest BCUT2D eigenvalue weighted by atomic mass is 16.5. The van der Waals surface area contributed by atoms with E-state index >= 15 is 0 Å². The van der Waals surface area contributed by atoms with Gasteiger partial charge in [0.25, 0.3) is 0 Å². The molecule has 0 aliphatic carbocycles. The number of para-hydroxylation sites is 1. The highest BCUT2D eigenvalue weighted by Crippen LogP contribution is 2.34. The predicted molar refractivity (Wildman–Crippen MR) is 84.6 cm³/mol. The average Bonchev–Trinajstić information content (AvgIpc) is 2.47. The second-order valence-electron chi connectivity index (χ2n) is 6.04. The van der Waals surface area contributed by atoms with Crippen LogP contribution < -0.4 is 9.47 Å². The maximum atomic E-state index is 11.1. The molecule has 1 N–H and O–H groups in total. The van der Waals surface area contributed by atoms with Crippen LogP contribution >= 0.6 is 0 Å². The normalized spacial score (nSPS) is 20.4. The summed E-state index contributed by atoms with van der Waals surface area (Å²) in [5, 5.41) is 9.09. The molecule has 1 heterocycles. The number of hydrogen-bond acceptors (Lipinski definition) is 4. The summed E-state index contributed by atoms with van der Waals surface area (Å²) in [5.41, 5.74) is 0.874. The van der Waals surface area contributed by atoms with Crippen molar-refractivity contribution in [2.24, 2.45) is 5.92 Å². The van der Waals surface area contributed by atoms with Crippen molar-refractivity contribution in [1.82, 2.24) is 4.90 Å². The smallest absolute Gasteiger partial charge is 0.306 e. The van der Waals surface area contributed by atoms with Crippen molar-refractivity contribution in [2.75, 3.05) is 27.2 Å². The van der Waals surface area contributed by atoms with Gasteiger partial charge in [-0.2, -0.15) is 0 Å². The minimum Gasteiger partial charge on any atom is -0.493 e. The van der Waals surface area contributed by atoms with Crippen molar-refractivity contribution >= 4 is 5.97 Å². The first-order valence-corrected chi connectivity index (χ1v) is 7.75. The molecule has 5 nitrogen and oxygen atoms in total. The zero-order valence-electron chi connectivity index (χ0n) is 13.5. The molecule has 1 saturated heterocycles. The fourth-order valence-electron chi connectivity index (χ4n) is 2.86. The Morgan fingerprint density at radius 2 is 2.27 bits per heavy atom. The first-order valence-electron chi connectivity index (χ1n) is 7.75. The van der Waals surface area contributed by atoms with E-state index in [-0.39, 0.29) is 6.10 Å². The number of aliphatic carboxylic acids is 1. The number of benzene rings is 1. The van der Waals surface area contributed by atoms with E-state index in [4.69, 9.17) is 14.6 Å². The molecule has 1 aliphatic heterocycles. The fourth-order valence-corrected chi connectivity index (χ4v) is 2.86. The molecule has 0 aromatic heterocycles. The molecule has 2 rings (SSSR count). The van der Waals surface area contributed by atoms with E-state index in [1.807, 2.05) is 18.2 Å². The number of likely N-dealkylation sites (tertiary alicyclic amines) is 1. The van der Waals surface area contributed by atoms with Crippen molar-refractivity contribution in [2.45, 2.75) is 32.3 Å². The molecule has 2 atom stereocenters. The molecule has 1 aliphatic rings. The van der Waals surface area contributed by atoms with Crippen LogP contribution in [0.1, 0.15) is 25.3 Å². The van der Waals surface area contributed by atoms with E-state index in [1.54, 1.807) is 14.0 Å². The monoisotopic (exact) mass is 307 g/mol. The second kappa shape index (κ2) is 7.49. The van der Waals surface area contributed by atoms with Crippen LogP contribution in [-0.4, -0.2) is 49.3 Å². The Morgan fingerprint density at radius 1 is 1.50 bits per heavy atom. The maximum Gasteiger partial charge on any atom is 0.306 e. The van der Waals surface area contributed by atoms with Crippen LogP contribution in [0, 0.1) is 5.92 Å². The number of rotatable bonds is 6. The largest absolute Gasteiger partial charge is 0.493 e. The van der Waals surface area contributed by atoms with Gasteiger partial charge in [-0.15, -0.1) is 0 Å². The summed E-state index contributed by atoms with van der Waals surface area (Å²) in [7, 11) is 3.70. The Morgan fingerprint density at radius 3 is 2.91 bits per heavy atom. The zero-order chi connectivity index (χ0) is 16.1. The van der Waals surface area contributed by atoms with E-state index in [0.29, 0.717) is 17.9 Å². The molecule has 5 heteroatoms. The Balaban J connectivity index is 2.15. The number of carbonyl (C=O) groups is 1. The number of carboxylic acids is 1. The summed E-state index contributed by atoms with van der Waals surface area (Å²) in [6.07, 6.45) is 2.74. The van der Waals surface area contributed by atoms with Gasteiger partial charge in [-0.1, -0.05) is 19.1 Å². The summed E-state index contributed by atoms with van der Waals surface area (Å²) in [6.45, 7) is 3.71. The fraction of sp³-hybridized carbons (Fsp3) is 0.588. The number of methoxy groups -OCH3 is 1. The number of hydrogen-bond donors (Lipinski definition) is 1. The van der Waals surface area contributed by atoms with Gasteiger partial charge in [-0.25, -0.2) is 0 Å². The Kier molecular flexibility index (Phi) is 5.66. The van der Waals surface area contributed by atoms with Gasteiger partial charge in [-0.3, -0.25) is 4.79 Å². The van der Waals surface area contributed by atoms with Crippen molar-refractivity contribution < 1.29 is 19.4 Å². The van der Waals surface area contributed by atoms with Crippen molar-refractivity contribution in [3.63, 3.8) is 0 Å². The van der Waals surface area contributed by atoms with Crippen LogP contribution in [-0.2, 0) is 11.2 Å². The lowest BCUT2D eigenvalue weighted by molar-refractivity contribution is -0.141. The van der Waals surface area contributed by atoms with Gasteiger partial charge in [0.1, 0.15) is 6.10 Å². The van der Waals surface area contributed by atoms with Crippen LogP contribution in [0.25, 0.3) is 0 Å². The number of piperidine rings is 1. The average molecular weight is 307 g/mol. The summed E-state index contributed by atoms with van der Waals surface area (Å²) >= 11 is 0. The maximum absolute atomic E-state index is 11.1. The lowest BCUT2D eigenvalue weighted by atomic mass is 10.00. The molecule has 1 fully saturated rings. The van der Waals surface area contributed by atoms with Gasteiger partial charge in [0.2, 0.25) is 0 Å². The van der Waals surface area contributed by atoms with Gasteiger partial charge < -0.3 is 19.5 Å². The van der Waals surface area contributed by atoms with Gasteiger partial charge >= 0.3 is 5.97 Å². The number of nitrogens with zero attached hydrogens (tertiary/aromatic N) is 1. The molecule has 122 valence electrons. The minimum atomic E-state index is -0.803. The third kappa shape index (κ3) is 4.13. The molecule has 0 spiro atoms. The first kappa shape index (κ1) is 16.6. The molecule has 1 aromatic carbocycles. The van der Waals surface area contributed by atoms with E-state index in [9.17, 15) is 4.79 Å². The molecule has 0 saturated carbocycles. The van der Waals surface area contributed by atoms with Gasteiger partial charge in [0.15, 0.2) is 11.5 Å². The van der Waals surface area contributed by atoms with Gasteiger partial charge in [0.05, 0.1) is 13.0 Å². The van der Waals surface area contributed by atoms with E-state index in [0.717, 1.165) is 31.5 Å². The molecule has 2 unspecified atom stereocenters. The zero-order valence-corrected chi connectivity index (χ0v) is 13.5. The molecule has 0 amide bonds. The highest BCUT2D eigenvalue weighted by molar-refractivity contribution is 5.70. The van der Waals surface area contributed by atoms with Crippen molar-refractivity contribution in [3.05, 3.63) is 23.8 Å². The van der Waals surface area contributed by atoms with E-state index in [2.05, 4.69) is 11.9 Å². The van der Waals surface area contributed by atoms with Crippen LogP contribution in [0.5, 0.6) is 11.5 Å². The summed E-state index contributed by atoms with van der Waals surface area (Å²) in [6, 6.07) is 5.69. The Hall–Kier alpha value is -1.75. The lowest BCUT2D eigenvalue weighted by Crippen LogP contribution is -2.38. The number of carboxylic acid groups (broad SMARTS) is 1. The molecule has 22 heavy (non-hydrogen) atoms. The lowest BCUT2D eigenvalue weighted by Gasteiger charge is -2.30. The number of ether oxygens (including phenoxy) is 2. The summed E-state index contributed by atoms with van der Waals surface area (Å²) in [4.78, 5) is 13.3. The topological polar surface area (TPSA) is 59.0 Å². The van der Waals surface area contributed by atoms with Crippen LogP contribution in [0.3, 0.4) is 0 Å². The van der Waals surface area contributed by atoms with Crippen molar-refractivity contribution in [1.29, 1.82) is 0 Å². The highest BCUT2D eigenvalue weighted by Gasteiger charge is 2.22. The van der Waals surface area contributed by atoms with Crippen LogP contribution in [0.4, 0.5) is 0 Å². The van der Waals surface area contributed by atoms with Gasteiger partial charge in [-0.05, 0) is 44.5 Å². The van der Waals surface area contributed by atoms with Crippen LogP contribution in [0.15, 0.2) is 18.2 Å². The first-order chi connectivity index (χ1) is 10.5. The Labute approximate surface area is 131 Å². The minimum absolute atomic E-state index is 0.153. The van der Waals surface area contributed by atoms with E-state index in [1.165, 1.54) is 0 Å². The standard InChI is InChI=1S/C17H25NO4/c1-12(17(19)20)10-13-6-4-8-15(16(13)21-3)22-14-7-5-9-18(2)11-14/h4,6,8,12,14H,5,7,9-11H2,1-3H3,(H,19,20). The molecular weight excluding hydrogens is 282 g/mol. The van der Waals surface area contributed by atoms with Crippen molar-refractivity contribution in [3.8, 4) is 11.5 Å². The number of likely N-dealkylation sites (N-methyl/N-ethyl adjacent to an activating group) is 1. The van der Waals surface area contributed by atoms with Crippen LogP contribution in [0.2, 0.25) is 0 Å². The molecule has 0 bridgehead atoms. The molecule has 0 radical (unpaired) electrons. The van der Waals surface area contributed by atoms with E-state index < -0.39 is 11.9 Å². The quantitative estimate of drug-likeness (QED) is 0.874. The predicted octanol–water partition coefficient (Wildman–Crippen LogP) is 2.43. The SMILES string of the molecule is COc1c(CC(C)C(=O)O)cccc1OC1CCCN(C)C1. The second-order valence-corrected chi connectivity index (χ2v) is 6.04. The molecular formula is C17H25NO4. The Bertz CT molecular complexity index is 517. The van der Waals surface area contributed by atoms with Gasteiger partial charge in [0, 0.05) is 6.54 Å². The third-order valence-corrected chi connectivity index (χ3v) is 4.09. The molecule has 1 aromatic rings.